The van der Waals surface area contributed by atoms with E-state index in [4.69, 9.17) is 21.1 Å². The maximum atomic E-state index is 6.08. The first-order chi connectivity index (χ1) is 9.60. The molecule has 0 radical (unpaired) electrons. The monoisotopic (exact) mass is 297 g/mol. The molecule has 2 atom stereocenters. The average molecular weight is 298 g/mol. The number of hydrogen-bond acceptors (Lipinski definition) is 3. The molecule has 2 heterocycles. The summed E-state index contributed by atoms with van der Waals surface area (Å²) in [5.74, 6) is 1.20. The van der Waals surface area contributed by atoms with Gasteiger partial charge in [0.15, 0.2) is 0 Å². The van der Waals surface area contributed by atoms with Gasteiger partial charge in [0.25, 0.3) is 0 Å². The normalized spacial score (nSPS) is 26.5. The zero-order chi connectivity index (χ0) is 14.5. The second-order valence-electron chi connectivity index (χ2n) is 5.66. The van der Waals surface area contributed by atoms with E-state index in [1.165, 1.54) is 0 Å². The van der Waals surface area contributed by atoms with Gasteiger partial charge in [0, 0.05) is 30.5 Å². The van der Waals surface area contributed by atoms with Crippen LogP contribution in [0.5, 0.6) is 5.88 Å². The maximum absolute atomic E-state index is 6.08. The van der Waals surface area contributed by atoms with Crippen molar-refractivity contribution < 1.29 is 9.47 Å². The molecule has 2 rings (SSSR count). The zero-order valence-corrected chi connectivity index (χ0v) is 13.3. The number of rotatable bonds is 5. The Labute approximate surface area is 126 Å². The fraction of sp³-hybridized carbons (Fsp3) is 0.688. The summed E-state index contributed by atoms with van der Waals surface area (Å²) in [4.78, 5) is 4.59. The third-order valence-electron chi connectivity index (χ3n) is 3.52. The van der Waals surface area contributed by atoms with Crippen LogP contribution in [0.4, 0.5) is 0 Å². The first-order valence-electron chi connectivity index (χ1n) is 7.48. The van der Waals surface area contributed by atoms with Crippen LogP contribution < -0.4 is 4.74 Å². The van der Waals surface area contributed by atoms with Gasteiger partial charge in [-0.15, -0.1) is 11.6 Å². The van der Waals surface area contributed by atoms with E-state index in [9.17, 15) is 0 Å². The summed E-state index contributed by atoms with van der Waals surface area (Å²) in [6.45, 7) is 6.34. The molecule has 0 bridgehead atoms. The molecule has 4 heteroatoms. The minimum Gasteiger partial charge on any atom is -0.474 e. The summed E-state index contributed by atoms with van der Waals surface area (Å²) in [5.41, 5.74) is 2.14. The quantitative estimate of drug-likeness (QED) is 0.767. The fourth-order valence-electron chi connectivity index (χ4n) is 2.75. The molecule has 0 spiro atoms. The molecule has 0 aliphatic carbocycles. The van der Waals surface area contributed by atoms with Crippen LogP contribution in [-0.2, 0) is 17.0 Å². The average Bonchev–Trinajstić information content (AvgIpc) is 2.37. The van der Waals surface area contributed by atoms with Crippen LogP contribution in [0.3, 0.4) is 0 Å². The van der Waals surface area contributed by atoms with Crippen molar-refractivity contribution >= 4 is 11.6 Å². The molecule has 1 fully saturated rings. The lowest BCUT2D eigenvalue weighted by molar-refractivity contribution is -0.0730. The molecule has 1 saturated heterocycles. The number of aromatic nitrogens is 1. The molecule has 3 nitrogen and oxygen atoms in total. The number of hydrogen-bond donors (Lipinski definition) is 0. The van der Waals surface area contributed by atoms with Gasteiger partial charge in [-0.2, -0.15) is 0 Å². The van der Waals surface area contributed by atoms with Crippen molar-refractivity contribution in [1.82, 2.24) is 4.98 Å². The standard InChI is InChI=1S/C16H24ClNO2/c1-4-5-14-8-13(10-17)9-16(18-14)20-15-6-11(2)19-12(3)7-15/h8-9,11-12,15H,4-7,10H2,1-3H3. The Morgan fingerprint density at radius 1 is 1.30 bits per heavy atom. The van der Waals surface area contributed by atoms with Crippen molar-refractivity contribution in [3.63, 3.8) is 0 Å². The lowest BCUT2D eigenvalue weighted by Crippen LogP contribution is -2.35. The van der Waals surface area contributed by atoms with Crippen molar-refractivity contribution in [2.75, 3.05) is 0 Å². The minimum atomic E-state index is 0.182. The van der Waals surface area contributed by atoms with E-state index in [-0.39, 0.29) is 18.3 Å². The summed E-state index contributed by atoms with van der Waals surface area (Å²) < 4.78 is 11.8. The third-order valence-corrected chi connectivity index (χ3v) is 3.83. The van der Waals surface area contributed by atoms with Gasteiger partial charge < -0.3 is 9.47 Å². The Kier molecular flexibility index (Phi) is 5.67. The number of halogens is 1. The second kappa shape index (κ2) is 7.28. The number of alkyl halides is 1. The number of ether oxygens (including phenoxy) is 2. The highest BCUT2D eigenvalue weighted by Crippen LogP contribution is 2.24. The summed E-state index contributed by atoms with van der Waals surface area (Å²) in [6.07, 6.45) is 4.54. The highest BCUT2D eigenvalue weighted by atomic mass is 35.5. The molecular weight excluding hydrogens is 274 g/mol. The Morgan fingerprint density at radius 3 is 2.60 bits per heavy atom. The van der Waals surface area contributed by atoms with Crippen LogP contribution in [-0.4, -0.2) is 23.3 Å². The molecule has 0 saturated carbocycles. The molecular formula is C16H24ClNO2. The Bertz CT molecular complexity index is 428. The first-order valence-corrected chi connectivity index (χ1v) is 8.02. The highest BCUT2D eigenvalue weighted by Gasteiger charge is 2.26. The predicted octanol–water partition coefficient (Wildman–Crippen LogP) is 4.11. The van der Waals surface area contributed by atoms with Crippen LogP contribution in [0.1, 0.15) is 51.3 Å². The molecule has 0 amide bonds. The van der Waals surface area contributed by atoms with Crippen molar-refractivity contribution in [3.05, 3.63) is 23.4 Å². The van der Waals surface area contributed by atoms with Gasteiger partial charge in [0.2, 0.25) is 5.88 Å². The van der Waals surface area contributed by atoms with Gasteiger partial charge in [-0.1, -0.05) is 13.3 Å². The van der Waals surface area contributed by atoms with Crippen LogP contribution in [0, 0.1) is 0 Å². The molecule has 0 aromatic carbocycles. The molecule has 1 aromatic heterocycles. The molecule has 1 aliphatic rings. The third kappa shape index (κ3) is 4.35. The Morgan fingerprint density at radius 2 is 2.00 bits per heavy atom. The van der Waals surface area contributed by atoms with E-state index < -0.39 is 0 Å². The molecule has 1 aromatic rings. The topological polar surface area (TPSA) is 31.4 Å². The van der Waals surface area contributed by atoms with Gasteiger partial charge in [-0.05, 0) is 31.9 Å². The largest absolute Gasteiger partial charge is 0.474 e. The first kappa shape index (κ1) is 15.6. The van der Waals surface area contributed by atoms with Gasteiger partial charge in [-0.3, -0.25) is 0 Å². The van der Waals surface area contributed by atoms with Crippen molar-refractivity contribution in [2.45, 2.75) is 70.6 Å². The Hall–Kier alpha value is -0.800. The van der Waals surface area contributed by atoms with Gasteiger partial charge in [-0.25, -0.2) is 4.98 Å². The van der Waals surface area contributed by atoms with Crippen LogP contribution in [0.25, 0.3) is 0 Å². The van der Waals surface area contributed by atoms with Crippen molar-refractivity contribution in [2.24, 2.45) is 0 Å². The zero-order valence-electron chi connectivity index (χ0n) is 12.6. The van der Waals surface area contributed by atoms with Crippen molar-refractivity contribution in [3.8, 4) is 5.88 Å². The van der Waals surface area contributed by atoms with Gasteiger partial charge in [0.05, 0.1) is 12.2 Å². The van der Waals surface area contributed by atoms with E-state index >= 15 is 0 Å². The van der Waals surface area contributed by atoms with E-state index in [1.54, 1.807) is 0 Å². The molecule has 2 unspecified atom stereocenters. The van der Waals surface area contributed by atoms with Crippen molar-refractivity contribution in [1.29, 1.82) is 0 Å². The van der Waals surface area contributed by atoms with Crippen LogP contribution in [0.15, 0.2) is 12.1 Å². The summed E-state index contributed by atoms with van der Waals surface area (Å²) in [7, 11) is 0. The van der Waals surface area contributed by atoms with E-state index in [0.29, 0.717) is 11.8 Å². The summed E-state index contributed by atoms with van der Waals surface area (Å²) in [6, 6.07) is 4.02. The highest BCUT2D eigenvalue weighted by molar-refractivity contribution is 6.17. The Balaban J connectivity index is 2.09. The number of nitrogens with zero attached hydrogens (tertiary/aromatic N) is 1. The van der Waals surface area contributed by atoms with Crippen LogP contribution in [0.2, 0.25) is 0 Å². The van der Waals surface area contributed by atoms with E-state index in [1.807, 2.05) is 6.07 Å². The SMILES string of the molecule is CCCc1cc(CCl)cc(OC2CC(C)OC(C)C2)n1. The molecule has 20 heavy (non-hydrogen) atoms. The van der Waals surface area contributed by atoms with E-state index in [0.717, 1.165) is 36.9 Å². The molecule has 1 aliphatic heterocycles. The second-order valence-corrected chi connectivity index (χ2v) is 5.92. The van der Waals surface area contributed by atoms with Gasteiger partial charge in [0.1, 0.15) is 6.10 Å². The minimum absolute atomic E-state index is 0.182. The molecule has 0 N–H and O–H groups in total. The maximum Gasteiger partial charge on any atom is 0.214 e. The summed E-state index contributed by atoms with van der Waals surface area (Å²) in [5, 5.41) is 0. The summed E-state index contributed by atoms with van der Waals surface area (Å²) >= 11 is 5.96. The smallest absolute Gasteiger partial charge is 0.214 e. The predicted molar refractivity (Wildman–Crippen MR) is 81.4 cm³/mol. The lowest BCUT2D eigenvalue weighted by atomic mass is 10.0. The van der Waals surface area contributed by atoms with Crippen LogP contribution >= 0.6 is 11.6 Å². The molecule has 112 valence electrons. The van der Waals surface area contributed by atoms with Gasteiger partial charge >= 0.3 is 0 Å². The number of pyridine rings is 1. The fourth-order valence-corrected chi connectivity index (χ4v) is 2.91. The number of aryl methyl sites for hydroxylation is 1. The van der Waals surface area contributed by atoms with E-state index in [2.05, 4.69) is 31.8 Å². The lowest BCUT2D eigenvalue weighted by Gasteiger charge is -2.32.